The molecule has 0 unspecified atom stereocenters. The van der Waals surface area contributed by atoms with Crippen LogP contribution in [0.1, 0.15) is 58.4 Å². The summed E-state index contributed by atoms with van der Waals surface area (Å²) in [6, 6.07) is 11.3. The van der Waals surface area contributed by atoms with Crippen molar-refractivity contribution in [2.24, 2.45) is 0 Å². The summed E-state index contributed by atoms with van der Waals surface area (Å²) in [7, 11) is -3.35. The number of nitrogens with one attached hydrogen (secondary N) is 2. The summed E-state index contributed by atoms with van der Waals surface area (Å²) in [5.41, 5.74) is 5.62. The van der Waals surface area contributed by atoms with E-state index in [4.69, 9.17) is 0 Å². The molecule has 0 aromatic heterocycles. The molecule has 2 aromatic carbocycles. The molecular formula is C21H26N2O3S. The Kier molecular flexibility index (Phi) is 5.56. The van der Waals surface area contributed by atoms with E-state index in [9.17, 15) is 13.2 Å². The quantitative estimate of drug-likeness (QED) is 0.822. The zero-order valence-electron chi connectivity index (χ0n) is 16.0. The zero-order valence-corrected chi connectivity index (χ0v) is 16.8. The fraction of sp³-hybridized carbons (Fsp3) is 0.381. The maximum atomic E-state index is 12.6. The van der Waals surface area contributed by atoms with Crippen molar-refractivity contribution in [3.8, 4) is 0 Å². The number of aryl methyl sites for hydroxylation is 3. The molecule has 0 heterocycles. The average molecular weight is 387 g/mol. The largest absolute Gasteiger partial charge is 0.346 e. The minimum Gasteiger partial charge on any atom is -0.346 e. The van der Waals surface area contributed by atoms with Crippen molar-refractivity contribution < 1.29 is 13.2 Å². The van der Waals surface area contributed by atoms with Crippen LogP contribution in [0.3, 0.4) is 0 Å². The third kappa shape index (κ3) is 4.89. The van der Waals surface area contributed by atoms with Gasteiger partial charge in [0.1, 0.15) is 0 Å². The van der Waals surface area contributed by atoms with Crippen molar-refractivity contribution in [1.29, 1.82) is 0 Å². The van der Waals surface area contributed by atoms with Gasteiger partial charge in [0.25, 0.3) is 5.91 Å². The van der Waals surface area contributed by atoms with E-state index in [0.29, 0.717) is 16.8 Å². The van der Waals surface area contributed by atoms with Crippen LogP contribution in [0.2, 0.25) is 0 Å². The van der Waals surface area contributed by atoms with Crippen molar-refractivity contribution in [3.63, 3.8) is 0 Å². The van der Waals surface area contributed by atoms with Gasteiger partial charge in [0.2, 0.25) is 10.0 Å². The Balaban J connectivity index is 1.72. The summed E-state index contributed by atoms with van der Waals surface area (Å²) in [4.78, 5) is 12.6. The molecule has 0 radical (unpaired) electrons. The number of fused-ring (bicyclic) bond motifs is 1. The number of hydrogen-bond donors (Lipinski definition) is 2. The van der Waals surface area contributed by atoms with E-state index in [1.54, 1.807) is 25.1 Å². The number of amides is 1. The fourth-order valence-corrected chi connectivity index (χ4v) is 4.13. The van der Waals surface area contributed by atoms with Crippen LogP contribution in [0.5, 0.6) is 0 Å². The number of hydrogen-bond acceptors (Lipinski definition) is 3. The second kappa shape index (κ2) is 7.72. The van der Waals surface area contributed by atoms with Crippen molar-refractivity contribution in [3.05, 3.63) is 64.2 Å². The van der Waals surface area contributed by atoms with Crippen molar-refractivity contribution in [2.45, 2.75) is 45.6 Å². The lowest BCUT2D eigenvalue weighted by Crippen LogP contribution is -2.27. The number of sulfonamides is 1. The van der Waals surface area contributed by atoms with Crippen LogP contribution >= 0.6 is 0 Å². The first-order chi connectivity index (χ1) is 12.7. The first kappa shape index (κ1) is 19.4. The highest BCUT2D eigenvalue weighted by molar-refractivity contribution is 7.92. The predicted octanol–water partition coefficient (Wildman–Crippen LogP) is 3.74. The summed E-state index contributed by atoms with van der Waals surface area (Å²) >= 11 is 0. The third-order valence-corrected chi connectivity index (χ3v) is 5.59. The summed E-state index contributed by atoms with van der Waals surface area (Å²) < 4.78 is 25.2. The van der Waals surface area contributed by atoms with Crippen molar-refractivity contribution in [1.82, 2.24) is 5.32 Å². The Morgan fingerprint density at radius 1 is 1.04 bits per heavy atom. The standard InChI is InChI=1S/C21H26N2O3S/c1-14-12-19(10-11-20(14)23-27(3,25)26)21(24)22-15(2)17-9-8-16-6-4-5-7-18(16)13-17/h8-13,15,23H,4-7H2,1-3H3,(H,22,24)/t15-/m1/s1. The molecule has 0 spiro atoms. The van der Waals surface area contributed by atoms with Crippen LogP contribution in [0.4, 0.5) is 5.69 Å². The SMILES string of the molecule is Cc1cc(C(=O)N[C@H](C)c2ccc3c(c2)CCCC3)ccc1NS(C)(=O)=O. The van der Waals surface area contributed by atoms with Gasteiger partial charge in [-0.1, -0.05) is 18.2 Å². The number of anilines is 1. The highest BCUT2D eigenvalue weighted by Gasteiger charge is 2.16. The molecule has 2 aromatic rings. The van der Waals surface area contributed by atoms with Gasteiger partial charge in [0.15, 0.2) is 0 Å². The monoisotopic (exact) mass is 386 g/mol. The Labute approximate surface area is 161 Å². The van der Waals surface area contributed by atoms with Gasteiger partial charge in [-0.05, 0) is 80.0 Å². The molecule has 5 nitrogen and oxygen atoms in total. The van der Waals surface area contributed by atoms with Crippen LogP contribution in [-0.4, -0.2) is 20.6 Å². The maximum absolute atomic E-state index is 12.6. The number of rotatable bonds is 5. The maximum Gasteiger partial charge on any atom is 0.251 e. The molecule has 2 N–H and O–H groups in total. The zero-order chi connectivity index (χ0) is 19.6. The fourth-order valence-electron chi connectivity index (χ4n) is 3.51. The molecule has 6 heteroatoms. The first-order valence-corrected chi connectivity index (χ1v) is 11.1. The smallest absolute Gasteiger partial charge is 0.251 e. The number of benzene rings is 2. The van der Waals surface area contributed by atoms with Crippen LogP contribution in [0, 0.1) is 6.92 Å². The van der Waals surface area contributed by atoms with E-state index in [-0.39, 0.29) is 11.9 Å². The van der Waals surface area contributed by atoms with Gasteiger partial charge in [-0.25, -0.2) is 8.42 Å². The molecule has 1 aliphatic rings. The minimum atomic E-state index is -3.35. The van der Waals surface area contributed by atoms with Crippen LogP contribution < -0.4 is 10.0 Å². The first-order valence-electron chi connectivity index (χ1n) is 9.24. The molecule has 1 aliphatic carbocycles. The lowest BCUT2D eigenvalue weighted by molar-refractivity contribution is 0.0940. The van der Waals surface area contributed by atoms with Gasteiger partial charge in [-0.15, -0.1) is 0 Å². The molecule has 1 atom stereocenters. The highest BCUT2D eigenvalue weighted by atomic mass is 32.2. The lowest BCUT2D eigenvalue weighted by Gasteiger charge is -2.20. The summed E-state index contributed by atoms with van der Waals surface area (Å²) in [5, 5.41) is 3.04. The molecule has 0 fully saturated rings. The second-order valence-electron chi connectivity index (χ2n) is 7.33. The Bertz CT molecular complexity index is 967. The molecule has 3 rings (SSSR count). The molecule has 0 bridgehead atoms. The number of carbonyl (C=O) groups excluding carboxylic acids is 1. The van der Waals surface area contributed by atoms with E-state index in [1.165, 1.54) is 24.0 Å². The molecule has 0 saturated carbocycles. The lowest BCUT2D eigenvalue weighted by atomic mass is 9.89. The molecule has 1 amide bonds. The third-order valence-electron chi connectivity index (χ3n) is 5.00. The van der Waals surface area contributed by atoms with E-state index >= 15 is 0 Å². The predicted molar refractivity (Wildman–Crippen MR) is 109 cm³/mol. The van der Waals surface area contributed by atoms with Gasteiger partial charge in [0.05, 0.1) is 18.0 Å². The van der Waals surface area contributed by atoms with Crippen LogP contribution in [0.15, 0.2) is 36.4 Å². The van der Waals surface area contributed by atoms with Crippen molar-refractivity contribution >= 4 is 21.6 Å². The number of carbonyl (C=O) groups is 1. The van der Waals surface area contributed by atoms with Gasteiger partial charge >= 0.3 is 0 Å². The van der Waals surface area contributed by atoms with Crippen LogP contribution in [-0.2, 0) is 22.9 Å². The summed E-state index contributed by atoms with van der Waals surface area (Å²) in [6.45, 7) is 3.76. The van der Waals surface area contributed by atoms with E-state index in [1.807, 2.05) is 6.92 Å². The Hall–Kier alpha value is -2.34. The molecule has 27 heavy (non-hydrogen) atoms. The Morgan fingerprint density at radius 3 is 2.41 bits per heavy atom. The van der Waals surface area contributed by atoms with E-state index in [0.717, 1.165) is 24.7 Å². The summed E-state index contributed by atoms with van der Waals surface area (Å²) in [5.74, 6) is -0.172. The van der Waals surface area contributed by atoms with Gasteiger partial charge in [0, 0.05) is 5.56 Å². The van der Waals surface area contributed by atoms with E-state index < -0.39 is 10.0 Å². The van der Waals surface area contributed by atoms with Gasteiger partial charge in [-0.3, -0.25) is 9.52 Å². The van der Waals surface area contributed by atoms with E-state index in [2.05, 4.69) is 28.2 Å². The molecule has 144 valence electrons. The summed E-state index contributed by atoms with van der Waals surface area (Å²) in [6.07, 6.45) is 5.83. The van der Waals surface area contributed by atoms with Crippen molar-refractivity contribution in [2.75, 3.05) is 11.0 Å². The van der Waals surface area contributed by atoms with Crippen LogP contribution in [0.25, 0.3) is 0 Å². The molecule has 0 aliphatic heterocycles. The molecular weight excluding hydrogens is 360 g/mol. The molecule has 0 saturated heterocycles. The second-order valence-corrected chi connectivity index (χ2v) is 9.08. The van der Waals surface area contributed by atoms with Gasteiger partial charge < -0.3 is 5.32 Å². The topological polar surface area (TPSA) is 75.3 Å². The highest BCUT2D eigenvalue weighted by Crippen LogP contribution is 2.25. The van der Waals surface area contributed by atoms with Gasteiger partial charge in [-0.2, -0.15) is 0 Å². The Morgan fingerprint density at radius 2 is 1.74 bits per heavy atom. The minimum absolute atomic E-state index is 0.0983. The normalized spacial score (nSPS) is 14.9. The average Bonchev–Trinajstić information content (AvgIpc) is 2.61.